The van der Waals surface area contributed by atoms with Gasteiger partial charge in [0, 0.05) is 15.2 Å². The molecular formula is C12H6BrClO. The predicted octanol–water partition coefficient (Wildman–Crippen LogP) is 5.00. The fraction of sp³-hybridized carbons (Fsp3) is 0. The molecule has 0 aliphatic heterocycles. The Morgan fingerprint density at radius 3 is 3.00 bits per heavy atom. The van der Waals surface area contributed by atoms with E-state index in [1.807, 2.05) is 0 Å². The number of benzene rings is 2. The first kappa shape index (κ1) is 5.37. The van der Waals surface area contributed by atoms with Gasteiger partial charge in [0.25, 0.3) is 0 Å². The lowest BCUT2D eigenvalue weighted by Crippen LogP contribution is -1.69. The maximum atomic E-state index is 8.07. The molecule has 3 aromatic rings. The van der Waals surface area contributed by atoms with Gasteiger partial charge in [0.05, 0.1) is 11.9 Å². The van der Waals surface area contributed by atoms with Crippen molar-refractivity contribution in [3.63, 3.8) is 0 Å². The van der Waals surface area contributed by atoms with Crippen molar-refractivity contribution in [2.45, 2.75) is 0 Å². The van der Waals surface area contributed by atoms with Crippen LogP contribution >= 0.6 is 27.5 Å². The van der Waals surface area contributed by atoms with Gasteiger partial charge >= 0.3 is 0 Å². The molecule has 0 bridgehead atoms. The minimum Gasteiger partial charge on any atom is -0.456 e. The SMILES string of the molecule is [2H]c1cc(Cl)c2c(oc3c([2H])c([2H])c(Br)c([2H])c32)c1[2H]. The largest absolute Gasteiger partial charge is 0.456 e. The van der Waals surface area contributed by atoms with Gasteiger partial charge in [0.1, 0.15) is 11.2 Å². The summed E-state index contributed by atoms with van der Waals surface area (Å²) < 4.78 is 44.8. The summed E-state index contributed by atoms with van der Waals surface area (Å²) >= 11 is 9.22. The maximum Gasteiger partial charge on any atom is 0.136 e. The highest BCUT2D eigenvalue weighted by molar-refractivity contribution is 9.10. The first-order valence-corrected chi connectivity index (χ1v) is 5.28. The van der Waals surface area contributed by atoms with Crippen LogP contribution in [0.3, 0.4) is 0 Å². The van der Waals surface area contributed by atoms with Crippen LogP contribution in [0.15, 0.2) is 45.2 Å². The van der Waals surface area contributed by atoms with E-state index in [0.29, 0.717) is 5.39 Å². The van der Waals surface area contributed by atoms with Gasteiger partial charge in [-0.3, -0.25) is 0 Å². The first-order chi connectivity index (χ1) is 9.34. The lowest BCUT2D eigenvalue weighted by Gasteiger charge is -1.92. The molecule has 0 unspecified atom stereocenters. The van der Waals surface area contributed by atoms with Gasteiger partial charge in [0.15, 0.2) is 0 Å². The Hall–Kier alpha value is -0.990. The molecule has 0 aliphatic carbocycles. The van der Waals surface area contributed by atoms with Crippen molar-refractivity contribution in [1.29, 1.82) is 0 Å². The second-order valence-corrected chi connectivity index (χ2v) is 4.16. The van der Waals surface area contributed by atoms with Gasteiger partial charge in [-0.2, -0.15) is 0 Å². The lowest BCUT2D eigenvalue weighted by molar-refractivity contribution is 0.669. The van der Waals surface area contributed by atoms with Crippen LogP contribution in [-0.4, -0.2) is 0 Å². The number of hydrogen-bond acceptors (Lipinski definition) is 1. The summed E-state index contributed by atoms with van der Waals surface area (Å²) in [6, 6.07) is 0.717. The Morgan fingerprint density at radius 1 is 1.27 bits per heavy atom. The monoisotopic (exact) mass is 285 g/mol. The molecule has 0 fully saturated rings. The van der Waals surface area contributed by atoms with Crippen molar-refractivity contribution in [3.8, 4) is 0 Å². The van der Waals surface area contributed by atoms with Gasteiger partial charge < -0.3 is 4.42 Å². The number of fused-ring (bicyclic) bond motifs is 3. The molecule has 15 heavy (non-hydrogen) atoms. The maximum absolute atomic E-state index is 8.07. The molecule has 3 heteroatoms. The Balaban J connectivity index is 2.71. The van der Waals surface area contributed by atoms with Crippen LogP contribution in [0.2, 0.25) is 5.02 Å². The summed E-state index contributed by atoms with van der Waals surface area (Å²) in [6.07, 6.45) is 0. The first-order valence-electron chi connectivity index (χ1n) is 6.61. The van der Waals surface area contributed by atoms with Crippen LogP contribution in [0.25, 0.3) is 21.9 Å². The fourth-order valence-corrected chi connectivity index (χ4v) is 1.98. The normalized spacial score (nSPS) is 16.0. The molecule has 0 radical (unpaired) electrons. The summed E-state index contributed by atoms with van der Waals surface area (Å²) in [5.41, 5.74) is 0.108. The zero-order chi connectivity index (χ0) is 14.8. The van der Waals surface area contributed by atoms with E-state index < -0.39 is 0 Å². The van der Waals surface area contributed by atoms with Gasteiger partial charge in [0.2, 0.25) is 0 Å². The van der Waals surface area contributed by atoms with Crippen molar-refractivity contribution < 1.29 is 11.3 Å². The van der Waals surface area contributed by atoms with E-state index in [-0.39, 0.29) is 56.3 Å². The van der Waals surface area contributed by atoms with Crippen molar-refractivity contribution >= 4 is 49.5 Å². The quantitative estimate of drug-likeness (QED) is 0.566. The molecular weight excluding hydrogens is 275 g/mol. The minimum atomic E-state index is -0.180. The summed E-state index contributed by atoms with van der Waals surface area (Å²) in [6.45, 7) is 0. The Morgan fingerprint density at radius 2 is 2.13 bits per heavy atom. The molecule has 0 amide bonds. The van der Waals surface area contributed by atoms with Crippen LogP contribution in [0, 0.1) is 0 Å². The van der Waals surface area contributed by atoms with Gasteiger partial charge in [-0.25, -0.2) is 0 Å². The molecule has 3 rings (SSSR count). The molecule has 0 saturated heterocycles. The van der Waals surface area contributed by atoms with Gasteiger partial charge in [-0.1, -0.05) is 33.6 Å². The summed E-state index contributed by atoms with van der Waals surface area (Å²) in [5, 5.41) is 0.811. The van der Waals surface area contributed by atoms with E-state index in [1.165, 1.54) is 6.07 Å². The molecule has 1 nitrogen and oxygen atoms in total. The fourth-order valence-electron chi connectivity index (χ4n) is 1.44. The van der Waals surface area contributed by atoms with E-state index >= 15 is 0 Å². The van der Waals surface area contributed by atoms with Crippen molar-refractivity contribution in [2.24, 2.45) is 0 Å². The number of halogens is 2. The number of hydrogen-bond donors (Lipinski definition) is 0. The van der Waals surface area contributed by atoms with Crippen molar-refractivity contribution in [2.75, 3.05) is 0 Å². The molecule has 74 valence electrons. The summed E-state index contributed by atoms with van der Waals surface area (Å²) in [7, 11) is 0. The molecule has 1 aromatic heterocycles. The van der Waals surface area contributed by atoms with Crippen LogP contribution in [-0.2, 0) is 0 Å². The van der Waals surface area contributed by atoms with Crippen LogP contribution in [0.1, 0.15) is 6.85 Å². The van der Waals surface area contributed by atoms with E-state index in [0.717, 1.165) is 0 Å². The van der Waals surface area contributed by atoms with E-state index in [2.05, 4.69) is 15.9 Å². The topological polar surface area (TPSA) is 13.1 Å². The molecule has 1 heterocycles. The minimum absolute atomic E-state index is 0.0150. The highest BCUT2D eigenvalue weighted by Crippen LogP contribution is 2.34. The predicted molar refractivity (Wildman–Crippen MR) is 66.4 cm³/mol. The second kappa shape index (κ2) is 3.26. The van der Waals surface area contributed by atoms with E-state index in [1.54, 1.807) is 0 Å². The van der Waals surface area contributed by atoms with Crippen LogP contribution in [0.4, 0.5) is 0 Å². The highest BCUT2D eigenvalue weighted by atomic mass is 79.9. The molecule has 2 aromatic carbocycles. The zero-order valence-electron chi connectivity index (χ0n) is 12.2. The number of rotatable bonds is 0. The third kappa shape index (κ3) is 1.36. The third-order valence-corrected chi connectivity index (χ3v) is 2.75. The molecule has 0 spiro atoms. The average Bonchev–Trinajstić information content (AvgIpc) is 2.81. The Kier molecular flexibility index (Phi) is 1.17. The average molecular weight is 287 g/mol. The molecule has 0 aliphatic rings. The zero-order valence-corrected chi connectivity index (χ0v) is 9.58. The Labute approximate surface area is 107 Å². The molecule has 0 atom stereocenters. The van der Waals surface area contributed by atoms with Crippen LogP contribution in [0.5, 0.6) is 0 Å². The second-order valence-electron chi connectivity index (χ2n) is 2.96. The standard InChI is InChI=1S/C12H6BrClO/c13-7-4-5-10-8(6-7)12-9(14)2-1-3-11(12)15-10/h1-6H/i1D,3D,4D,5D,6D. The summed E-state index contributed by atoms with van der Waals surface area (Å²) in [5.74, 6) is 0. The third-order valence-electron chi connectivity index (χ3n) is 2.05. The van der Waals surface area contributed by atoms with Crippen molar-refractivity contribution in [3.05, 3.63) is 45.8 Å². The highest BCUT2D eigenvalue weighted by Gasteiger charge is 2.09. The smallest absolute Gasteiger partial charge is 0.136 e. The lowest BCUT2D eigenvalue weighted by atomic mass is 10.1. The number of furan rings is 1. The van der Waals surface area contributed by atoms with Gasteiger partial charge in [-0.15, -0.1) is 0 Å². The van der Waals surface area contributed by atoms with E-state index in [4.69, 9.17) is 22.9 Å². The van der Waals surface area contributed by atoms with E-state index in [9.17, 15) is 0 Å². The molecule has 0 N–H and O–H groups in total. The molecule has 0 saturated carbocycles. The van der Waals surface area contributed by atoms with Crippen LogP contribution < -0.4 is 0 Å². The summed E-state index contributed by atoms with van der Waals surface area (Å²) in [4.78, 5) is 0. The van der Waals surface area contributed by atoms with Gasteiger partial charge in [-0.05, 0) is 30.2 Å². The Bertz CT molecular complexity index is 889. The van der Waals surface area contributed by atoms with Crippen molar-refractivity contribution in [1.82, 2.24) is 0 Å².